The minimum absolute atomic E-state index is 0.159. The monoisotopic (exact) mass is 438 g/mol. The normalized spacial score (nSPS) is 17.6. The van der Waals surface area contributed by atoms with Crippen molar-refractivity contribution in [1.82, 2.24) is 4.98 Å². The molecule has 3 aliphatic rings. The van der Waals surface area contributed by atoms with Gasteiger partial charge in [-0.2, -0.15) is 0 Å². The zero-order chi connectivity index (χ0) is 21.8. The number of hydrogen-bond acceptors (Lipinski definition) is 3. The number of nitrogens with one attached hydrogen (secondary N) is 1. The van der Waals surface area contributed by atoms with Gasteiger partial charge >= 0.3 is 0 Å². The number of carbonyl (C=O) groups excluding carboxylic acids is 1. The van der Waals surface area contributed by atoms with Gasteiger partial charge in [-0.15, -0.1) is 0 Å². The van der Waals surface area contributed by atoms with E-state index in [0.717, 1.165) is 65.0 Å². The van der Waals surface area contributed by atoms with Crippen molar-refractivity contribution in [2.75, 3.05) is 11.9 Å². The number of ketones is 1. The summed E-state index contributed by atoms with van der Waals surface area (Å²) in [6.07, 6.45) is 9.57. The van der Waals surface area contributed by atoms with Crippen LogP contribution < -0.4 is 5.32 Å². The minimum atomic E-state index is 0.159. The fraction of sp³-hybridized carbons (Fsp3) is 0.214. The molecule has 3 nitrogen and oxygen atoms in total. The molecule has 1 aromatic heterocycles. The highest BCUT2D eigenvalue weighted by Gasteiger charge is 2.28. The van der Waals surface area contributed by atoms with Crippen LogP contribution in [-0.4, -0.2) is 17.3 Å². The highest BCUT2D eigenvalue weighted by atomic mass is 35.5. The van der Waals surface area contributed by atoms with Crippen molar-refractivity contribution < 1.29 is 4.79 Å². The summed E-state index contributed by atoms with van der Waals surface area (Å²) in [5.41, 5.74) is 11.9. The standard InChI is InChI=1S/C28H23ClN2O/c1-16-24(15-31-26-7-4-8-30-28(16)26)22-14-21-20(12-25(22)29)13-27(32)23(21)11-17-9-18-5-2-3-6-19(18)10-17/h2-3,5-6,9,11-12,14-15,30H,4,7-8,10,13H2,1H3/b23-11-. The zero-order valence-electron chi connectivity index (χ0n) is 18.0. The first-order valence-corrected chi connectivity index (χ1v) is 11.5. The molecule has 0 spiro atoms. The Morgan fingerprint density at radius 1 is 1.06 bits per heavy atom. The molecule has 4 heteroatoms. The SMILES string of the molecule is Cc1c(-c2cc3c(cc2Cl)CC(=O)/C3=C\C2=Cc3ccccc3C2)cnc2c1NCCC2. The Hall–Kier alpha value is -3.17. The van der Waals surface area contributed by atoms with Crippen molar-refractivity contribution in [1.29, 1.82) is 0 Å². The summed E-state index contributed by atoms with van der Waals surface area (Å²) >= 11 is 6.73. The molecule has 1 aliphatic heterocycles. The zero-order valence-corrected chi connectivity index (χ0v) is 18.7. The van der Waals surface area contributed by atoms with Gasteiger partial charge in [-0.3, -0.25) is 9.78 Å². The van der Waals surface area contributed by atoms with Crippen LogP contribution in [0.4, 0.5) is 5.69 Å². The number of aryl methyl sites for hydroxylation is 1. The van der Waals surface area contributed by atoms with E-state index in [4.69, 9.17) is 16.6 Å². The first-order chi connectivity index (χ1) is 15.6. The lowest BCUT2D eigenvalue weighted by Crippen LogP contribution is -2.14. The predicted octanol–water partition coefficient (Wildman–Crippen LogP) is 6.22. The van der Waals surface area contributed by atoms with Gasteiger partial charge in [0.2, 0.25) is 0 Å². The highest BCUT2D eigenvalue weighted by Crippen LogP contribution is 2.41. The molecule has 32 heavy (non-hydrogen) atoms. The molecular formula is C28H23ClN2O. The third kappa shape index (κ3) is 3.11. The number of benzene rings is 2. The van der Waals surface area contributed by atoms with Crippen LogP contribution in [0.5, 0.6) is 0 Å². The van der Waals surface area contributed by atoms with Crippen LogP contribution in [-0.2, 0) is 24.1 Å². The summed E-state index contributed by atoms with van der Waals surface area (Å²) in [5.74, 6) is 0.159. The van der Waals surface area contributed by atoms with Crippen LogP contribution in [0.25, 0.3) is 22.8 Å². The lowest BCUT2D eigenvalue weighted by molar-refractivity contribution is -0.112. The Morgan fingerprint density at radius 2 is 1.94 bits per heavy atom. The summed E-state index contributed by atoms with van der Waals surface area (Å²) in [7, 11) is 0. The van der Waals surface area contributed by atoms with E-state index in [2.05, 4.69) is 54.7 Å². The number of nitrogens with zero attached hydrogens (tertiary/aromatic N) is 1. The number of carbonyl (C=O) groups is 1. The summed E-state index contributed by atoms with van der Waals surface area (Å²) < 4.78 is 0. The summed E-state index contributed by atoms with van der Waals surface area (Å²) in [5, 5.41) is 4.18. The largest absolute Gasteiger partial charge is 0.383 e. The van der Waals surface area contributed by atoms with Crippen molar-refractivity contribution in [3.63, 3.8) is 0 Å². The number of anilines is 1. The maximum Gasteiger partial charge on any atom is 0.167 e. The Labute approximate surface area is 192 Å². The molecule has 0 saturated heterocycles. The third-order valence-electron chi connectivity index (χ3n) is 6.85. The molecule has 0 bridgehead atoms. The minimum Gasteiger partial charge on any atom is -0.383 e. The van der Waals surface area contributed by atoms with Crippen molar-refractivity contribution >= 4 is 34.7 Å². The molecule has 0 radical (unpaired) electrons. The van der Waals surface area contributed by atoms with Crippen molar-refractivity contribution in [3.8, 4) is 11.1 Å². The molecule has 0 unspecified atom stereocenters. The fourth-order valence-electron chi connectivity index (χ4n) is 5.20. The van der Waals surface area contributed by atoms with Crippen molar-refractivity contribution in [2.45, 2.75) is 32.6 Å². The lowest BCUT2D eigenvalue weighted by Gasteiger charge is -2.21. The van der Waals surface area contributed by atoms with Crippen LogP contribution in [0.15, 0.2) is 54.2 Å². The quantitative estimate of drug-likeness (QED) is 0.483. The Kier molecular flexibility index (Phi) is 4.55. The molecule has 0 amide bonds. The Morgan fingerprint density at radius 3 is 2.81 bits per heavy atom. The van der Waals surface area contributed by atoms with Gasteiger partial charge in [-0.05, 0) is 77.8 Å². The molecule has 0 fully saturated rings. The molecule has 158 valence electrons. The first-order valence-electron chi connectivity index (χ1n) is 11.2. The average molecular weight is 439 g/mol. The summed E-state index contributed by atoms with van der Waals surface area (Å²) in [6, 6.07) is 12.5. The van der Waals surface area contributed by atoms with E-state index in [-0.39, 0.29) is 5.78 Å². The fourth-order valence-corrected chi connectivity index (χ4v) is 5.49. The van der Waals surface area contributed by atoms with E-state index in [0.29, 0.717) is 11.4 Å². The Balaban J connectivity index is 1.44. The van der Waals surface area contributed by atoms with E-state index < -0.39 is 0 Å². The molecule has 6 rings (SSSR count). The van der Waals surface area contributed by atoms with Crippen molar-refractivity contribution in [3.05, 3.63) is 92.8 Å². The van der Waals surface area contributed by atoms with Gasteiger partial charge in [0.15, 0.2) is 5.78 Å². The topological polar surface area (TPSA) is 42.0 Å². The third-order valence-corrected chi connectivity index (χ3v) is 7.17. The smallest absolute Gasteiger partial charge is 0.167 e. The average Bonchev–Trinajstić information content (AvgIpc) is 3.34. The summed E-state index contributed by atoms with van der Waals surface area (Å²) in [6.45, 7) is 3.09. The van der Waals surface area contributed by atoms with Gasteiger partial charge in [0.25, 0.3) is 0 Å². The molecule has 2 aliphatic carbocycles. The number of pyridine rings is 1. The van der Waals surface area contributed by atoms with E-state index >= 15 is 0 Å². The number of allylic oxidation sites excluding steroid dienone is 3. The highest BCUT2D eigenvalue weighted by molar-refractivity contribution is 6.34. The molecule has 2 heterocycles. The number of Topliss-reactive ketones (excluding diaryl/α,β-unsaturated/α-hetero) is 1. The van der Waals surface area contributed by atoms with Crippen LogP contribution >= 0.6 is 11.6 Å². The molecule has 1 N–H and O–H groups in total. The second-order valence-corrected chi connectivity index (χ2v) is 9.30. The lowest BCUT2D eigenvalue weighted by atomic mass is 9.94. The van der Waals surface area contributed by atoms with E-state index in [1.165, 1.54) is 22.3 Å². The van der Waals surface area contributed by atoms with Gasteiger partial charge < -0.3 is 5.32 Å². The maximum absolute atomic E-state index is 12.9. The summed E-state index contributed by atoms with van der Waals surface area (Å²) in [4.78, 5) is 17.7. The predicted molar refractivity (Wildman–Crippen MR) is 131 cm³/mol. The molecule has 2 aromatic carbocycles. The second kappa shape index (κ2) is 7.46. The number of hydrogen-bond donors (Lipinski definition) is 1. The van der Waals surface area contributed by atoms with Gasteiger partial charge in [-0.25, -0.2) is 0 Å². The number of aromatic nitrogens is 1. The van der Waals surface area contributed by atoms with Crippen LogP contribution in [0.3, 0.4) is 0 Å². The first kappa shape index (κ1) is 19.5. The van der Waals surface area contributed by atoms with Crippen LogP contribution in [0.2, 0.25) is 5.02 Å². The Bertz CT molecular complexity index is 1370. The van der Waals surface area contributed by atoms with Gasteiger partial charge in [-0.1, -0.05) is 41.9 Å². The van der Waals surface area contributed by atoms with Gasteiger partial charge in [0, 0.05) is 40.9 Å². The van der Waals surface area contributed by atoms with Gasteiger partial charge in [0.05, 0.1) is 11.4 Å². The second-order valence-electron chi connectivity index (χ2n) is 8.89. The maximum atomic E-state index is 12.9. The molecular weight excluding hydrogens is 416 g/mol. The van der Waals surface area contributed by atoms with E-state index in [9.17, 15) is 4.79 Å². The molecule has 0 atom stereocenters. The molecule has 0 saturated carbocycles. The van der Waals surface area contributed by atoms with Crippen LogP contribution in [0, 0.1) is 6.92 Å². The van der Waals surface area contributed by atoms with E-state index in [1.54, 1.807) is 0 Å². The van der Waals surface area contributed by atoms with E-state index in [1.807, 2.05) is 12.3 Å². The number of rotatable bonds is 2. The van der Waals surface area contributed by atoms with Crippen molar-refractivity contribution in [2.24, 2.45) is 0 Å². The van der Waals surface area contributed by atoms with Gasteiger partial charge in [0.1, 0.15) is 0 Å². The van der Waals surface area contributed by atoms with Crippen LogP contribution in [0.1, 0.15) is 39.9 Å². The molecule has 3 aromatic rings. The number of halogens is 1. The number of fused-ring (bicyclic) bond motifs is 3.